The third kappa shape index (κ3) is 4.11. The van der Waals surface area contributed by atoms with Crippen molar-refractivity contribution in [2.45, 2.75) is 63.5 Å². The lowest BCUT2D eigenvalue weighted by molar-refractivity contribution is -0.125. The molecule has 0 radical (unpaired) electrons. The third-order valence-corrected chi connectivity index (χ3v) is 6.58. The minimum absolute atomic E-state index is 0.0167. The Bertz CT molecular complexity index is 1080. The molecule has 2 fully saturated rings. The number of hydrogen-bond acceptors (Lipinski definition) is 5. The van der Waals surface area contributed by atoms with Crippen LogP contribution in [0.25, 0.3) is 22.4 Å². The van der Waals surface area contributed by atoms with E-state index in [0.29, 0.717) is 5.82 Å². The number of anilines is 1. The second-order valence-corrected chi connectivity index (χ2v) is 8.62. The van der Waals surface area contributed by atoms with Crippen LogP contribution in [0.3, 0.4) is 0 Å². The topological polar surface area (TPSA) is 95.6 Å². The zero-order chi connectivity index (χ0) is 21.2. The van der Waals surface area contributed by atoms with Gasteiger partial charge in [0.15, 0.2) is 17.5 Å². The predicted molar refractivity (Wildman–Crippen MR) is 117 cm³/mol. The van der Waals surface area contributed by atoms with Gasteiger partial charge >= 0.3 is 0 Å². The van der Waals surface area contributed by atoms with Crippen molar-refractivity contribution in [3.8, 4) is 11.4 Å². The van der Waals surface area contributed by atoms with Crippen LogP contribution in [0.15, 0.2) is 30.7 Å². The first-order valence-corrected chi connectivity index (χ1v) is 11.2. The van der Waals surface area contributed by atoms with Gasteiger partial charge in [-0.15, -0.1) is 0 Å². The number of amides is 1. The zero-order valence-electron chi connectivity index (χ0n) is 17.4. The van der Waals surface area contributed by atoms with Gasteiger partial charge in [0.1, 0.15) is 5.65 Å². The number of nitrogens with one attached hydrogen (secondary N) is 3. The quantitative estimate of drug-likeness (QED) is 0.573. The number of carbonyl (C=O) groups excluding carboxylic acids is 1. The average Bonchev–Trinajstić information content (AvgIpc) is 3.47. The van der Waals surface area contributed by atoms with Gasteiger partial charge < -0.3 is 15.6 Å². The van der Waals surface area contributed by atoms with Gasteiger partial charge in [0, 0.05) is 41.3 Å². The van der Waals surface area contributed by atoms with Crippen molar-refractivity contribution in [3.05, 3.63) is 36.5 Å². The molecule has 1 amide bonds. The second kappa shape index (κ2) is 8.61. The molecule has 0 unspecified atom stereocenters. The summed E-state index contributed by atoms with van der Waals surface area (Å²) in [5, 5.41) is 7.40. The lowest BCUT2D eigenvalue weighted by Gasteiger charge is -2.34. The average molecular weight is 423 g/mol. The fraction of sp³-hybridized carbons (Fsp3) is 0.478. The molecule has 3 N–H and O–H groups in total. The standard InChI is InChI=1S/C23H27FN6O/c24-17-13-27-21(16-12-26-20-15(16)8-5-11-25-20)30-22(17)28-18-9-3-4-10-19(18)29-23(31)14-6-1-2-7-14/h5,8,11-14,18-19H,1-4,6-7,9-10H2,(H,25,26)(H,29,31)(H,27,28,30)/t18-,19+/m1/s1. The minimum Gasteiger partial charge on any atom is -0.363 e. The molecule has 3 heterocycles. The Morgan fingerprint density at radius 3 is 2.68 bits per heavy atom. The normalized spacial score (nSPS) is 22.0. The van der Waals surface area contributed by atoms with Crippen LogP contribution in [-0.2, 0) is 4.79 Å². The van der Waals surface area contributed by atoms with Crippen molar-refractivity contribution in [2.75, 3.05) is 5.32 Å². The van der Waals surface area contributed by atoms with Crippen LogP contribution in [0.1, 0.15) is 51.4 Å². The number of carbonyl (C=O) groups is 1. The molecule has 2 atom stereocenters. The molecule has 5 rings (SSSR count). The number of nitrogens with zero attached hydrogens (tertiary/aromatic N) is 3. The molecule has 0 spiro atoms. The van der Waals surface area contributed by atoms with E-state index >= 15 is 0 Å². The van der Waals surface area contributed by atoms with Crippen molar-refractivity contribution < 1.29 is 9.18 Å². The molecule has 0 aromatic carbocycles. The molecule has 2 aliphatic carbocycles. The van der Waals surface area contributed by atoms with E-state index in [4.69, 9.17) is 0 Å². The van der Waals surface area contributed by atoms with E-state index in [1.165, 1.54) is 6.20 Å². The summed E-state index contributed by atoms with van der Waals surface area (Å²) in [4.78, 5) is 28.8. The fourth-order valence-corrected chi connectivity index (χ4v) is 4.88. The lowest BCUT2D eigenvalue weighted by Crippen LogP contribution is -2.50. The molecule has 3 aromatic heterocycles. The number of halogens is 1. The SMILES string of the molecule is O=C(N[C@H]1CCCC[C@H]1Nc1nc(-c2c[nH]c3ncccc23)ncc1F)C1CCCC1. The van der Waals surface area contributed by atoms with Crippen LogP contribution >= 0.6 is 0 Å². The van der Waals surface area contributed by atoms with Crippen LogP contribution in [-0.4, -0.2) is 37.9 Å². The first kappa shape index (κ1) is 19.9. The monoisotopic (exact) mass is 422 g/mol. The largest absolute Gasteiger partial charge is 0.363 e. The van der Waals surface area contributed by atoms with Crippen molar-refractivity contribution in [1.82, 2.24) is 25.3 Å². The maximum absolute atomic E-state index is 14.6. The molecule has 0 saturated heterocycles. The van der Waals surface area contributed by atoms with Gasteiger partial charge in [-0.25, -0.2) is 19.3 Å². The van der Waals surface area contributed by atoms with Gasteiger partial charge in [-0.3, -0.25) is 4.79 Å². The summed E-state index contributed by atoms with van der Waals surface area (Å²) < 4.78 is 14.6. The molecular weight excluding hydrogens is 395 g/mol. The van der Waals surface area contributed by atoms with Crippen molar-refractivity contribution >= 4 is 22.8 Å². The first-order valence-electron chi connectivity index (χ1n) is 11.2. The summed E-state index contributed by atoms with van der Waals surface area (Å²) in [6.07, 6.45) is 12.8. The highest BCUT2D eigenvalue weighted by atomic mass is 19.1. The predicted octanol–water partition coefficient (Wildman–Crippen LogP) is 4.19. The number of H-pyrrole nitrogens is 1. The van der Waals surface area contributed by atoms with Crippen LogP contribution in [0.2, 0.25) is 0 Å². The molecule has 2 aliphatic rings. The smallest absolute Gasteiger partial charge is 0.223 e. The molecule has 0 bridgehead atoms. The molecule has 2 saturated carbocycles. The van der Waals surface area contributed by atoms with Gasteiger partial charge in [0.2, 0.25) is 5.91 Å². The minimum atomic E-state index is -0.492. The van der Waals surface area contributed by atoms with E-state index in [9.17, 15) is 9.18 Å². The molecule has 8 heteroatoms. The summed E-state index contributed by atoms with van der Waals surface area (Å²) in [5.41, 5.74) is 1.52. The van der Waals surface area contributed by atoms with Crippen LogP contribution in [0.5, 0.6) is 0 Å². The number of aromatic amines is 1. The van der Waals surface area contributed by atoms with E-state index in [-0.39, 0.29) is 29.7 Å². The molecule has 7 nitrogen and oxygen atoms in total. The van der Waals surface area contributed by atoms with E-state index < -0.39 is 5.82 Å². The van der Waals surface area contributed by atoms with Gasteiger partial charge in [0.25, 0.3) is 0 Å². The Morgan fingerprint density at radius 1 is 1.06 bits per heavy atom. The highest BCUT2D eigenvalue weighted by molar-refractivity contribution is 5.91. The molecule has 162 valence electrons. The van der Waals surface area contributed by atoms with E-state index in [1.54, 1.807) is 12.4 Å². The summed E-state index contributed by atoms with van der Waals surface area (Å²) >= 11 is 0. The number of hydrogen-bond donors (Lipinski definition) is 3. The van der Waals surface area contributed by atoms with E-state index in [1.807, 2.05) is 12.1 Å². The Morgan fingerprint density at radius 2 is 1.84 bits per heavy atom. The van der Waals surface area contributed by atoms with Crippen LogP contribution in [0, 0.1) is 11.7 Å². The van der Waals surface area contributed by atoms with E-state index in [2.05, 4.69) is 30.6 Å². The Hall–Kier alpha value is -3.03. The number of fused-ring (bicyclic) bond motifs is 1. The van der Waals surface area contributed by atoms with Gasteiger partial charge in [-0.05, 0) is 37.8 Å². The van der Waals surface area contributed by atoms with Crippen molar-refractivity contribution in [2.24, 2.45) is 5.92 Å². The maximum atomic E-state index is 14.6. The van der Waals surface area contributed by atoms with Gasteiger partial charge in [-0.2, -0.15) is 0 Å². The van der Waals surface area contributed by atoms with Crippen molar-refractivity contribution in [1.29, 1.82) is 0 Å². The fourth-order valence-electron chi connectivity index (χ4n) is 4.88. The number of aromatic nitrogens is 4. The summed E-state index contributed by atoms with van der Waals surface area (Å²) in [6.45, 7) is 0. The molecule has 31 heavy (non-hydrogen) atoms. The van der Waals surface area contributed by atoms with E-state index in [0.717, 1.165) is 68.0 Å². The summed E-state index contributed by atoms with van der Waals surface area (Å²) in [5.74, 6) is 0.390. The number of rotatable bonds is 5. The highest BCUT2D eigenvalue weighted by Crippen LogP contribution is 2.29. The molecule has 0 aliphatic heterocycles. The van der Waals surface area contributed by atoms with Crippen molar-refractivity contribution in [3.63, 3.8) is 0 Å². The highest BCUT2D eigenvalue weighted by Gasteiger charge is 2.31. The van der Waals surface area contributed by atoms with Crippen LogP contribution in [0.4, 0.5) is 10.2 Å². The van der Waals surface area contributed by atoms with Gasteiger partial charge in [-0.1, -0.05) is 25.7 Å². The lowest BCUT2D eigenvalue weighted by atomic mass is 9.89. The summed E-state index contributed by atoms with van der Waals surface area (Å²) in [7, 11) is 0. The second-order valence-electron chi connectivity index (χ2n) is 8.62. The summed E-state index contributed by atoms with van der Waals surface area (Å²) in [6, 6.07) is 3.71. The third-order valence-electron chi connectivity index (χ3n) is 6.58. The number of pyridine rings is 1. The molecular formula is C23H27FN6O. The Labute approximate surface area is 180 Å². The zero-order valence-corrected chi connectivity index (χ0v) is 17.4. The first-order chi connectivity index (χ1) is 15.2. The Kier molecular flexibility index (Phi) is 5.53. The maximum Gasteiger partial charge on any atom is 0.223 e. The molecule has 3 aromatic rings. The van der Waals surface area contributed by atoms with Gasteiger partial charge in [0.05, 0.1) is 6.20 Å². The Balaban J connectivity index is 1.36. The van der Waals surface area contributed by atoms with Crippen LogP contribution < -0.4 is 10.6 Å².